The van der Waals surface area contributed by atoms with E-state index in [0.717, 1.165) is 0 Å². The molecule has 1 aromatic carbocycles. The fourth-order valence-corrected chi connectivity index (χ4v) is 2.76. The molecule has 5 nitrogen and oxygen atoms in total. The van der Waals surface area contributed by atoms with Crippen molar-refractivity contribution in [2.24, 2.45) is 7.05 Å². The van der Waals surface area contributed by atoms with Crippen LogP contribution in [0.15, 0.2) is 18.2 Å². The van der Waals surface area contributed by atoms with Crippen molar-refractivity contribution in [3.63, 3.8) is 0 Å². The van der Waals surface area contributed by atoms with Gasteiger partial charge in [0.25, 0.3) is 5.92 Å². The number of rotatable bonds is 4. The molecule has 2 aromatic rings. The number of nitrogens with one attached hydrogen (secondary N) is 2. The summed E-state index contributed by atoms with van der Waals surface area (Å²) >= 11 is 0. The summed E-state index contributed by atoms with van der Waals surface area (Å²) in [5.41, 5.74) is 1.34. The van der Waals surface area contributed by atoms with Gasteiger partial charge in [0.05, 0.1) is 23.6 Å². The summed E-state index contributed by atoms with van der Waals surface area (Å²) in [4.78, 5) is 16.2. The average molecular weight is 399 g/mol. The lowest BCUT2D eigenvalue weighted by atomic mass is 10.2. The Balaban J connectivity index is 0.00000156. The summed E-state index contributed by atoms with van der Waals surface area (Å²) in [7, 11) is 1.77. The standard InChI is InChI=1S/C15H17F3N4O.2ClH/c1-22-12-6-9(16)2-3-10(12)21-13(22)4-5-19-14(23)11-7-15(17,18)8-20-11;;/h2-3,6,11,20H,4-5,7-8H2,1H3,(H,19,23);2*1H. The van der Waals surface area contributed by atoms with E-state index in [1.54, 1.807) is 17.7 Å². The average Bonchev–Trinajstić information content (AvgIpc) is 3.00. The summed E-state index contributed by atoms with van der Waals surface area (Å²) in [6.45, 7) is -0.191. The second-order valence-electron chi connectivity index (χ2n) is 5.75. The van der Waals surface area contributed by atoms with E-state index in [1.807, 2.05) is 0 Å². The highest BCUT2D eigenvalue weighted by atomic mass is 35.5. The first-order valence-electron chi connectivity index (χ1n) is 7.35. The number of alkyl halides is 2. The number of amides is 1. The van der Waals surface area contributed by atoms with Crippen molar-refractivity contribution < 1.29 is 18.0 Å². The molecule has 2 N–H and O–H groups in total. The molecule has 1 aromatic heterocycles. The minimum atomic E-state index is -2.83. The van der Waals surface area contributed by atoms with Gasteiger partial charge in [-0.3, -0.25) is 10.1 Å². The number of hydrogen-bond donors (Lipinski definition) is 2. The lowest BCUT2D eigenvalue weighted by molar-refractivity contribution is -0.123. The number of benzene rings is 1. The fourth-order valence-electron chi connectivity index (χ4n) is 2.76. The summed E-state index contributed by atoms with van der Waals surface area (Å²) in [6, 6.07) is 3.47. The van der Waals surface area contributed by atoms with Gasteiger partial charge >= 0.3 is 0 Å². The number of imidazole rings is 1. The molecule has 1 amide bonds. The molecule has 1 atom stereocenters. The first-order valence-corrected chi connectivity index (χ1v) is 7.35. The van der Waals surface area contributed by atoms with Gasteiger partial charge in [-0.2, -0.15) is 0 Å². The quantitative estimate of drug-likeness (QED) is 0.829. The molecule has 25 heavy (non-hydrogen) atoms. The Bertz CT molecular complexity index is 754. The number of hydrogen-bond acceptors (Lipinski definition) is 3. The Labute approximate surface area is 155 Å². The van der Waals surface area contributed by atoms with E-state index < -0.39 is 30.8 Å². The molecule has 1 unspecified atom stereocenters. The molecule has 1 saturated heterocycles. The van der Waals surface area contributed by atoms with E-state index in [2.05, 4.69) is 15.6 Å². The van der Waals surface area contributed by atoms with Gasteiger partial charge in [0.15, 0.2) is 0 Å². The molecule has 10 heteroatoms. The first kappa shape index (κ1) is 21.5. The highest BCUT2D eigenvalue weighted by Crippen LogP contribution is 2.25. The Morgan fingerprint density at radius 3 is 2.80 bits per heavy atom. The second-order valence-corrected chi connectivity index (χ2v) is 5.75. The third-order valence-electron chi connectivity index (χ3n) is 4.01. The first-order chi connectivity index (χ1) is 10.9. The van der Waals surface area contributed by atoms with E-state index in [4.69, 9.17) is 0 Å². The van der Waals surface area contributed by atoms with E-state index in [-0.39, 0.29) is 37.2 Å². The largest absolute Gasteiger partial charge is 0.354 e. The zero-order valence-corrected chi connectivity index (χ0v) is 15.0. The van der Waals surface area contributed by atoms with Gasteiger partial charge in [0.2, 0.25) is 5.91 Å². The summed E-state index contributed by atoms with van der Waals surface area (Å²) < 4.78 is 41.1. The van der Waals surface area contributed by atoms with Gasteiger partial charge in [0, 0.05) is 26.4 Å². The molecular weight excluding hydrogens is 380 g/mol. The van der Waals surface area contributed by atoms with Crippen LogP contribution in [0.2, 0.25) is 0 Å². The van der Waals surface area contributed by atoms with Crippen LogP contribution in [0, 0.1) is 5.82 Å². The molecule has 3 rings (SSSR count). The zero-order chi connectivity index (χ0) is 16.6. The fraction of sp³-hybridized carbons (Fsp3) is 0.467. The molecule has 2 heterocycles. The Kier molecular flexibility index (Phi) is 7.10. The number of aryl methyl sites for hydroxylation is 1. The molecule has 1 aliphatic heterocycles. The zero-order valence-electron chi connectivity index (χ0n) is 13.4. The maximum atomic E-state index is 13.3. The van der Waals surface area contributed by atoms with E-state index in [1.165, 1.54) is 12.1 Å². The van der Waals surface area contributed by atoms with Crippen LogP contribution in [0.1, 0.15) is 12.2 Å². The lowest BCUT2D eigenvalue weighted by Crippen LogP contribution is -2.41. The van der Waals surface area contributed by atoms with Gasteiger partial charge in [-0.1, -0.05) is 0 Å². The van der Waals surface area contributed by atoms with Gasteiger partial charge in [0.1, 0.15) is 11.6 Å². The van der Waals surface area contributed by atoms with Gasteiger partial charge < -0.3 is 9.88 Å². The minimum Gasteiger partial charge on any atom is -0.354 e. The molecule has 0 radical (unpaired) electrons. The molecule has 0 saturated carbocycles. The van der Waals surface area contributed by atoms with Crippen LogP contribution >= 0.6 is 24.8 Å². The minimum absolute atomic E-state index is 0. The maximum absolute atomic E-state index is 13.3. The molecule has 1 fully saturated rings. The predicted molar refractivity (Wildman–Crippen MR) is 93.2 cm³/mol. The van der Waals surface area contributed by atoms with E-state index in [0.29, 0.717) is 23.3 Å². The Hall–Kier alpha value is -1.51. The van der Waals surface area contributed by atoms with E-state index in [9.17, 15) is 18.0 Å². The van der Waals surface area contributed by atoms with Gasteiger partial charge in [-0.15, -0.1) is 24.8 Å². The summed E-state index contributed by atoms with van der Waals surface area (Å²) in [5.74, 6) is -2.92. The molecule has 0 spiro atoms. The number of carbonyl (C=O) groups is 1. The van der Waals surface area contributed by atoms with Crippen LogP contribution in [0.3, 0.4) is 0 Å². The van der Waals surface area contributed by atoms with Crippen molar-refractivity contribution in [1.29, 1.82) is 0 Å². The molecule has 1 aliphatic rings. The normalized spacial score (nSPS) is 18.5. The van der Waals surface area contributed by atoms with Crippen LogP contribution in [0.4, 0.5) is 13.2 Å². The van der Waals surface area contributed by atoms with Gasteiger partial charge in [-0.25, -0.2) is 18.2 Å². The molecular formula is C15H19Cl2F3N4O. The van der Waals surface area contributed by atoms with E-state index >= 15 is 0 Å². The second kappa shape index (κ2) is 8.25. The van der Waals surface area contributed by atoms with Crippen LogP contribution < -0.4 is 10.6 Å². The number of fused-ring (bicyclic) bond motifs is 1. The maximum Gasteiger partial charge on any atom is 0.262 e. The van der Waals surface area contributed by atoms with Crippen molar-refractivity contribution in [2.75, 3.05) is 13.1 Å². The summed E-state index contributed by atoms with van der Waals surface area (Å²) in [5, 5.41) is 5.14. The van der Waals surface area contributed by atoms with Crippen molar-refractivity contribution in [2.45, 2.75) is 24.8 Å². The number of aromatic nitrogens is 2. The topological polar surface area (TPSA) is 59.0 Å². The van der Waals surface area contributed by atoms with Crippen LogP contribution in [0.25, 0.3) is 11.0 Å². The smallest absolute Gasteiger partial charge is 0.262 e. The number of halogens is 5. The molecule has 0 aliphatic carbocycles. The SMILES string of the molecule is Cl.Cl.Cn1c(CCNC(=O)C2CC(F)(F)CN2)nc2ccc(F)cc21. The third kappa shape index (κ3) is 4.77. The van der Waals surface area contributed by atoms with Crippen LogP contribution in [-0.2, 0) is 18.3 Å². The van der Waals surface area contributed by atoms with Crippen LogP contribution in [0.5, 0.6) is 0 Å². The van der Waals surface area contributed by atoms with Crippen molar-refractivity contribution in [3.8, 4) is 0 Å². The van der Waals surface area contributed by atoms with Crippen molar-refractivity contribution >= 4 is 41.8 Å². The predicted octanol–water partition coefficient (Wildman–Crippen LogP) is 2.21. The molecule has 140 valence electrons. The number of nitrogens with zero attached hydrogens (tertiary/aromatic N) is 2. The lowest BCUT2D eigenvalue weighted by Gasteiger charge is -2.11. The van der Waals surface area contributed by atoms with Gasteiger partial charge in [-0.05, 0) is 18.2 Å². The van der Waals surface area contributed by atoms with Crippen LogP contribution in [-0.4, -0.2) is 40.5 Å². The van der Waals surface area contributed by atoms with Crippen molar-refractivity contribution in [3.05, 3.63) is 29.8 Å². The number of carbonyl (C=O) groups excluding carboxylic acids is 1. The Morgan fingerprint density at radius 1 is 1.44 bits per heavy atom. The highest BCUT2D eigenvalue weighted by molar-refractivity contribution is 5.85. The Morgan fingerprint density at radius 2 is 2.16 bits per heavy atom. The van der Waals surface area contributed by atoms with Crippen molar-refractivity contribution in [1.82, 2.24) is 20.2 Å². The summed E-state index contributed by atoms with van der Waals surface area (Å²) in [6.07, 6.45) is -0.0496. The monoisotopic (exact) mass is 398 g/mol. The highest BCUT2D eigenvalue weighted by Gasteiger charge is 2.42. The molecule has 0 bridgehead atoms. The third-order valence-corrected chi connectivity index (χ3v) is 4.01.